The van der Waals surface area contributed by atoms with Crippen molar-refractivity contribution < 1.29 is 9.84 Å². The van der Waals surface area contributed by atoms with Gasteiger partial charge in [0, 0.05) is 11.5 Å². The van der Waals surface area contributed by atoms with E-state index in [1.54, 1.807) is 11.3 Å². The number of hydrogen-bond donors (Lipinski definition) is 1. The van der Waals surface area contributed by atoms with Gasteiger partial charge in [0.2, 0.25) is 0 Å². The molecule has 1 saturated carbocycles. The van der Waals surface area contributed by atoms with Gasteiger partial charge in [-0.1, -0.05) is 24.7 Å². The highest BCUT2D eigenvalue weighted by Gasteiger charge is 2.14. The third-order valence-electron chi connectivity index (χ3n) is 3.02. The molecular formula is C14H18O2S. The van der Waals surface area contributed by atoms with Gasteiger partial charge in [-0.05, 0) is 30.9 Å². The molecule has 0 amide bonds. The average molecular weight is 250 g/mol. The number of aliphatic hydroxyl groups is 1. The molecule has 17 heavy (non-hydrogen) atoms. The summed E-state index contributed by atoms with van der Waals surface area (Å²) in [5.41, 5.74) is 0. The summed E-state index contributed by atoms with van der Waals surface area (Å²) in [5, 5.41) is 8.60. The van der Waals surface area contributed by atoms with Crippen LogP contribution in [-0.4, -0.2) is 18.3 Å². The summed E-state index contributed by atoms with van der Waals surface area (Å²) >= 11 is 1.65. The zero-order valence-corrected chi connectivity index (χ0v) is 10.8. The Hall–Kier alpha value is -0.820. The van der Waals surface area contributed by atoms with Gasteiger partial charge in [0.1, 0.15) is 6.61 Å². The van der Waals surface area contributed by atoms with Crippen LogP contribution in [0.15, 0.2) is 12.1 Å². The lowest BCUT2D eigenvalue weighted by molar-refractivity contribution is 0.0906. The zero-order chi connectivity index (χ0) is 11.9. The molecule has 0 aromatic carbocycles. The molecular weight excluding hydrogens is 232 g/mol. The predicted octanol–water partition coefficient (Wildman–Crippen LogP) is 2.80. The highest BCUT2D eigenvalue weighted by molar-refractivity contribution is 7.12. The number of hydrogen-bond acceptors (Lipinski definition) is 3. The van der Waals surface area contributed by atoms with Crippen LogP contribution in [0.5, 0.6) is 0 Å². The van der Waals surface area contributed by atoms with E-state index < -0.39 is 0 Å². The highest BCUT2D eigenvalue weighted by atomic mass is 32.1. The maximum absolute atomic E-state index is 8.60. The van der Waals surface area contributed by atoms with Crippen LogP contribution in [0.2, 0.25) is 0 Å². The summed E-state index contributed by atoms with van der Waals surface area (Å²) in [5.74, 6) is 6.34. The quantitative estimate of drug-likeness (QED) is 0.833. The van der Waals surface area contributed by atoms with E-state index >= 15 is 0 Å². The monoisotopic (exact) mass is 250 g/mol. The predicted molar refractivity (Wildman–Crippen MR) is 69.9 cm³/mol. The molecule has 0 atom stereocenters. The minimum absolute atomic E-state index is 0.0780. The van der Waals surface area contributed by atoms with Crippen LogP contribution < -0.4 is 0 Å². The summed E-state index contributed by atoms with van der Waals surface area (Å²) < 4.78 is 5.73. The maximum atomic E-state index is 8.60. The fraction of sp³-hybridized carbons (Fsp3) is 0.571. The van der Waals surface area contributed by atoms with E-state index in [0.717, 1.165) is 17.4 Å². The van der Waals surface area contributed by atoms with Crippen molar-refractivity contribution in [1.82, 2.24) is 0 Å². The third-order valence-corrected chi connectivity index (χ3v) is 4.00. The Bertz CT molecular complexity index is 394. The zero-order valence-electron chi connectivity index (χ0n) is 9.95. The van der Waals surface area contributed by atoms with Gasteiger partial charge in [0.15, 0.2) is 0 Å². The number of thiophene rings is 1. The van der Waals surface area contributed by atoms with E-state index in [1.807, 2.05) is 6.07 Å². The first-order valence-corrected chi connectivity index (χ1v) is 6.96. The summed E-state index contributed by atoms with van der Waals surface area (Å²) in [4.78, 5) is 2.21. The molecule has 2 nitrogen and oxygen atoms in total. The Balaban J connectivity index is 1.73. The SMILES string of the molecule is OCC#Cc1ccc(COCC2CCCC2)s1. The molecule has 1 fully saturated rings. The maximum Gasteiger partial charge on any atom is 0.104 e. The van der Waals surface area contributed by atoms with Crippen molar-refractivity contribution >= 4 is 11.3 Å². The Kier molecular flexibility index (Phi) is 5.06. The summed E-state index contributed by atoms with van der Waals surface area (Å²) in [6.45, 7) is 1.52. The van der Waals surface area contributed by atoms with Crippen LogP contribution in [0, 0.1) is 17.8 Å². The first kappa shape index (κ1) is 12.6. The van der Waals surface area contributed by atoms with Crippen LogP contribution in [-0.2, 0) is 11.3 Å². The van der Waals surface area contributed by atoms with Gasteiger partial charge in [0.05, 0.1) is 11.5 Å². The Morgan fingerprint density at radius 1 is 1.35 bits per heavy atom. The van der Waals surface area contributed by atoms with Crippen LogP contribution in [0.1, 0.15) is 35.4 Å². The number of aliphatic hydroxyl groups excluding tert-OH is 1. The van der Waals surface area contributed by atoms with Gasteiger partial charge >= 0.3 is 0 Å². The van der Waals surface area contributed by atoms with E-state index in [2.05, 4.69) is 17.9 Å². The third kappa shape index (κ3) is 4.16. The Labute approximate surface area is 107 Å². The van der Waals surface area contributed by atoms with Crippen molar-refractivity contribution in [2.75, 3.05) is 13.2 Å². The number of rotatable bonds is 4. The van der Waals surface area contributed by atoms with E-state index in [4.69, 9.17) is 9.84 Å². The molecule has 1 aromatic heterocycles. The summed E-state index contributed by atoms with van der Waals surface area (Å²) in [6.07, 6.45) is 5.40. The average Bonchev–Trinajstić information content (AvgIpc) is 2.98. The van der Waals surface area contributed by atoms with Gasteiger partial charge in [-0.25, -0.2) is 0 Å². The lowest BCUT2D eigenvalue weighted by Crippen LogP contribution is -2.04. The smallest absolute Gasteiger partial charge is 0.104 e. The van der Waals surface area contributed by atoms with Crippen molar-refractivity contribution in [2.24, 2.45) is 5.92 Å². The molecule has 1 aromatic rings. The number of ether oxygens (including phenoxy) is 1. The van der Waals surface area contributed by atoms with Crippen molar-refractivity contribution in [3.05, 3.63) is 21.9 Å². The molecule has 0 aliphatic heterocycles. The Morgan fingerprint density at radius 3 is 2.94 bits per heavy atom. The molecule has 0 bridgehead atoms. The molecule has 1 aliphatic carbocycles. The van der Waals surface area contributed by atoms with Crippen LogP contribution in [0.3, 0.4) is 0 Å². The van der Waals surface area contributed by atoms with E-state index in [-0.39, 0.29) is 6.61 Å². The lowest BCUT2D eigenvalue weighted by Gasteiger charge is -2.08. The minimum Gasteiger partial charge on any atom is -0.384 e. The standard InChI is InChI=1S/C14H18O2S/c15-9-3-6-13-7-8-14(17-13)11-16-10-12-4-1-2-5-12/h7-8,12,15H,1-2,4-5,9-11H2. The topological polar surface area (TPSA) is 29.5 Å². The molecule has 0 saturated heterocycles. The van der Waals surface area contributed by atoms with Crippen molar-refractivity contribution in [3.8, 4) is 11.8 Å². The van der Waals surface area contributed by atoms with Crippen molar-refractivity contribution in [2.45, 2.75) is 32.3 Å². The second-order valence-corrected chi connectivity index (χ2v) is 5.56. The van der Waals surface area contributed by atoms with Crippen molar-refractivity contribution in [1.29, 1.82) is 0 Å². The van der Waals surface area contributed by atoms with Crippen LogP contribution in [0.4, 0.5) is 0 Å². The molecule has 0 spiro atoms. The molecule has 0 unspecified atom stereocenters. The van der Waals surface area contributed by atoms with E-state index in [0.29, 0.717) is 6.61 Å². The minimum atomic E-state index is -0.0780. The molecule has 92 valence electrons. The van der Waals surface area contributed by atoms with Crippen molar-refractivity contribution in [3.63, 3.8) is 0 Å². The fourth-order valence-corrected chi connectivity index (χ4v) is 2.97. The van der Waals surface area contributed by atoms with E-state index in [9.17, 15) is 0 Å². The van der Waals surface area contributed by atoms with Crippen LogP contribution in [0.25, 0.3) is 0 Å². The highest BCUT2D eigenvalue weighted by Crippen LogP contribution is 2.25. The van der Waals surface area contributed by atoms with Gasteiger partial charge in [-0.2, -0.15) is 0 Å². The first-order valence-electron chi connectivity index (χ1n) is 6.14. The molecule has 1 N–H and O–H groups in total. The molecule has 0 radical (unpaired) electrons. The summed E-state index contributed by atoms with van der Waals surface area (Å²) in [7, 11) is 0. The fourth-order valence-electron chi connectivity index (χ4n) is 2.15. The van der Waals surface area contributed by atoms with E-state index in [1.165, 1.54) is 30.6 Å². The molecule has 1 aliphatic rings. The molecule has 1 heterocycles. The largest absolute Gasteiger partial charge is 0.384 e. The molecule has 2 rings (SSSR count). The van der Waals surface area contributed by atoms with Gasteiger partial charge in [0.25, 0.3) is 0 Å². The van der Waals surface area contributed by atoms with Gasteiger partial charge in [-0.3, -0.25) is 0 Å². The lowest BCUT2D eigenvalue weighted by atomic mass is 10.1. The van der Waals surface area contributed by atoms with Gasteiger partial charge in [-0.15, -0.1) is 11.3 Å². The van der Waals surface area contributed by atoms with Gasteiger partial charge < -0.3 is 9.84 Å². The normalized spacial score (nSPS) is 15.8. The summed E-state index contributed by atoms with van der Waals surface area (Å²) in [6, 6.07) is 4.04. The first-order chi connectivity index (χ1) is 8.38. The second-order valence-electron chi connectivity index (χ2n) is 4.39. The Morgan fingerprint density at radius 2 is 2.18 bits per heavy atom. The van der Waals surface area contributed by atoms with Crippen LogP contribution >= 0.6 is 11.3 Å². The molecule has 3 heteroatoms. The second kappa shape index (κ2) is 6.80.